The fourth-order valence-electron chi connectivity index (χ4n) is 2.38. The van der Waals surface area contributed by atoms with Crippen molar-refractivity contribution in [2.45, 2.75) is 27.7 Å². The van der Waals surface area contributed by atoms with Gasteiger partial charge in [0.25, 0.3) is 5.91 Å². The van der Waals surface area contributed by atoms with E-state index in [1.165, 1.54) is 11.1 Å². The lowest BCUT2D eigenvalue weighted by Crippen LogP contribution is -2.32. The lowest BCUT2D eigenvalue weighted by Gasteiger charge is -2.10. The molecule has 0 heterocycles. The molecule has 0 bridgehead atoms. The number of amides is 1. The van der Waals surface area contributed by atoms with Crippen LogP contribution >= 0.6 is 0 Å². The standard InChI is InChI=1S/C20H25NO3/c1-14-9-15(2)11-19(10-14)24-13-20(22)21-7-8-23-18-6-5-16(3)17(4)12-18/h5-6,9-12H,7-8,13H2,1-4H3,(H,21,22). The largest absolute Gasteiger partial charge is 0.492 e. The summed E-state index contributed by atoms with van der Waals surface area (Å²) in [5.41, 5.74) is 4.66. The van der Waals surface area contributed by atoms with Crippen molar-refractivity contribution in [3.05, 3.63) is 58.7 Å². The minimum atomic E-state index is -0.155. The summed E-state index contributed by atoms with van der Waals surface area (Å²) in [6, 6.07) is 11.9. The normalized spacial score (nSPS) is 10.3. The molecular formula is C20H25NO3. The lowest BCUT2D eigenvalue weighted by molar-refractivity contribution is -0.123. The van der Waals surface area contributed by atoms with Crippen molar-refractivity contribution < 1.29 is 14.3 Å². The van der Waals surface area contributed by atoms with Gasteiger partial charge in [-0.15, -0.1) is 0 Å². The summed E-state index contributed by atoms with van der Waals surface area (Å²) in [4.78, 5) is 11.8. The first-order valence-electron chi connectivity index (χ1n) is 8.12. The van der Waals surface area contributed by atoms with Gasteiger partial charge >= 0.3 is 0 Å². The van der Waals surface area contributed by atoms with Crippen LogP contribution in [-0.4, -0.2) is 25.7 Å². The van der Waals surface area contributed by atoms with Crippen LogP contribution in [0.5, 0.6) is 11.5 Å². The maximum Gasteiger partial charge on any atom is 0.258 e. The summed E-state index contributed by atoms with van der Waals surface area (Å²) in [5, 5.41) is 2.79. The van der Waals surface area contributed by atoms with E-state index in [2.05, 4.69) is 18.3 Å². The van der Waals surface area contributed by atoms with E-state index in [1.54, 1.807) is 0 Å². The highest BCUT2D eigenvalue weighted by atomic mass is 16.5. The van der Waals surface area contributed by atoms with Gasteiger partial charge in [-0.1, -0.05) is 12.1 Å². The smallest absolute Gasteiger partial charge is 0.258 e. The van der Waals surface area contributed by atoms with Gasteiger partial charge in [-0.3, -0.25) is 4.79 Å². The van der Waals surface area contributed by atoms with Crippen molar-refractivity contribution in [1.82, 2.24) is 5.32 Å². The van der Waals surface area contributed by atoms with Crippen LogP contribution in [0.3, 0.4) is 0 Å². The van der Waals surface area contributed by atoms with Crippen molar-refractivity contribution in [2.75, 3.05) is 19.8 Å². The van der Waals surface area contributed by atoms with E-state index in [-0.39, 0.29) is 12.5 Å². The van der Waals surface area contributed by atoms with E-state index in [4.69, 9.17) is 9.47 Å². The number of rotatable bonds is 7. The molecule has 0 saturated carbocycles. The fourth-order valence-corrected chi connectivity index (χ4v) is 2.38. The Kier molecular flexibility index (Phi) is 6.24. The third kappa shape index (κ3) is 5.61. The van der Waals surface area contributed by atoms with Gasteiger partial charge in [0.2, 0.25) is 0 Å². The molecule has 4 heteroatoms. The topological polar surface area (TPSA) is 47.6 Å². The van der Waals surface area contributed by atoms with Crippen molar-refractivity contribution in [3.8, 4) is 11.5 Å². The van der Waals surface area contributed by atoms with Crippen LogP contribution in [0.25, 0.3) is 0 Å². The minimum absolute atomic E-state index is 0.00648. The van der Waals surface area contributed by atoms with Gasteiger partial charge in [0.15, 0.2) is 6.61 Å². The Balaban J connectivity index is 1.68. The van der Waals surface area contributed by atoms with Gasteiger partial charge in [-0.25, -0.2) is 0 Å². The number of nitrogens with one attached hydrogen (secondary N) is 1. The van der Waals surface area contributed by atoms with Crippen LogP contribution in [0.15, 0.2) is 36.4 Å². The van der Waals surface area contributed by atoms with Gasteiger partial charge in [0.05, 0.1) is 6.54 Å². The van der Waals surface area contributed by atoms with E-state index in [0.29, 0.717) is 18.9 Å². The quantitative estimate of drug-likeness (QED) is 0.792. The molecule has 2 aromatic rings. The Labute approximate surface area is 143 Å². The van der Waals surface area contributed by atoms with E-state index >= 15 is 0 Å². The SMILES string of the molecule is Cc1cc(C)cc(OCC(=O)NCCOc2ccc(C)c(C)c2)c1. The maximum absolute atomic E-state index is 11.8. The molecular weight excluding hydrogens is 302 g/mol. The summed E-state index contributed by atoms with van der Waals surface area (Å²) in [6.45, 7) is 9.00. The fraction of sp³-hybridized carbons (Fsp3) is 0.350. The number of benzene rings is 2. The Hall–Kier alpha value is -2.49. The summed E-state index contributed by atoms with van der Waals surface area (Å²) < 4.78 is 11.2. The molecule has 24 heavy (non-hydrogen) atoms. The van der Waals surface area contributed by atoms with E-state index in [0.717, 1.165) is 16.9 Å². The molecule has 0 aliphatic heterocycles. The van der Waals surface area contributed by atoms with Gasteiger partial charge in [0, 0.05) is 0 Å². The van der Waals surface area contributed by atoms with Crippen molar-refractivity contribution in [1.29, 1.82) is 0 Å². The molecule has 0 spiro atoms. The summed E-state index contributed by atoms with van der Waals surface area (Å²) in [6.07, 6.45) is 0. The third-order valence-electron chi connectivity index (χ3n) is 3.74. The Morgan fingerprint density at radius 1 is 0.875 bits per heavy atom. The second-order valence-electron chi connectivity index (χ2n) is 6.06. The average Bonchev–Trinajstić information content (AvgIpc) is 2.52. The zero-order chi connectivity index (χ0) is 17.5. The predicted octanol–water partition coefficient (Wildman–Crippen LogP) is 3.49. The first-order valence-corrected chi connectivity index (χ1v) is 8.12. The summed E-state index contributed by atoms with van der Waals surface area (Å²) >= 11 is 0. The first kappa shape index (κ1) is 17.9. The molecule has 4 nitrogen and oxygen atoms in total. The molecule has 0 aliphatic rings. The molecule has 0 fully saturated rings. The molecule has 2 aromatic carbocycles. The van der Waals surface area contributed by atoms with E-state index < -0.39 is 0 Å². The Morgan fingerprint density at radius 3 is 2.25 bits per heavy atom. The summed E-state index contributed by atoms with van der Waals surface area (Å²) in [5.74, 6) is 1.38. The maximum atomic E-state index is 11.8. The van der Waals surface area contributed by atoms with Crippen molar-refractivity contribution >= 4 is 5.91 Å². The van der Waals surface area contributed by atoms with Gasteiger partial charge < -0.3 is 14.8 Å². The second-order valence-corrected chi connectivity index (χ2v) is 6.06. The zero-order valence-corrected chi connectivity index (χ0v) is 14.8. The van der Waals surface area contributed by atoms with E-state index in [9.17, 15) is 4.79 Å². The lowest BCUT2D eigenvalue weighted by atomic mass is 10.1. The molecule has 0 unspecified atom stereocenters. The monoisotopic (exact) mass is 327 g/mol. The van der Waals surface area contributed by atoms with Crippen LogP contribution in [0, 0.1) is 27.7 Å². The zero-order valence-electron chi connectivity index (χ0n) is 14.8. The van der Waals surface area contributed by atoms with Gasteiger partial charge in [-0.05, 0) is 74.2 Å². The molecule has 0 aliphatic carbocycles. The Bertz CT molecular complexity index is 690. The van der Waals surface area contributed by atoms with Crippen molar-refractivity contribution in [2.24, 2.45) is 0 Å². The predicted molar refractivity (Wildman–Crippen MR) is 95.8 cm³/mol. The number of ether oxygens (including phenoxy) is 2. The van der Waals surface area contributed by atoms with Gasteiger partial charge in [0.1, 0.15) is 18.1 Å². The number of carbonyl (C=O) groups is 1. The van der Waals surface area contributed by atoms with Crippen LogP contribution in [0.1, 0.15) is 22.3 Å². The number of carbonyl (C=O) groups excluding carboxylic acids is 1. The molecule has 0 aromatic heterocycles. The van der Waals surface area contributed by atoms with Crippen LogP contribution in [0.2, 0.25) is 0 Å². The highest BCUT2D eigenvalue weighted by Gasteiger charge is 2.04. The molecule has 1 N–H and O–H groups in total. The highest BCUT2D eigenvalue weighted by Crippen LogP contribution is 2.16. The van der Waals surface area contributed by atoms with Crippen LogP contribution in [0.4, 0.5) is 0 Å². The Morgan fingerprint density at radius 2 is 1.58 bits per heavy atom. The number of aryl methyl sites for hydroxylation is 4. The molecule has 0 atom stereocenters. The molecule has 2 rings (SSSR count). The van der Waals surface area contributed by atoms with Crippen LogP contribution < -0.4 is 14.8 Å². The van der Waals surface area contributed by atoms with Crippen molar-refractivity contribution in [3.63, 3.8) is 0 Å². The molecule has 1 amide bonds. The molecule has 0 saturated heterocycles. The number of hydrogen-bond acceptors (Lipinski definition) is 3. The minimum Gasteiger partial charge on any atom is -0.492 e. The van der Waals surface area contributed by atoms with E-state index in [1.807, 2.05) is 51.1 Å². The molecule has 128 valence electrons. The highest BCUT2D eigenvalue weighted by molar-refractivity contribution is 5.77. The molecule has 0 radical (unpaired) electrons. The van der Waals surface area contributed by atoms with Gasteiger partial charge in [-0.2, -0.15) is 0 Å². The van der Waals surface area contributed by atoms with Crippen LogP contribution in [-0.2, 0) is 4.79 Å². The second kappa shape index (κ2) is 8.39. The first-order chi connectivity index (χ1) is 11.4. The average molecular weight is 327 g/mol. The number of hydrogen-bond donors (Lipinski definition) is 1. The summed E-state index contributed by atoms with van der Waals surface area (Å²) in [7, 11) is 0. The third-order valence-corrected chi connectivity index (χ3v) is 3.74.